The van der Waals surface area contributed by atoms with Gasteiger partial charge in [-0.3, -0.25) is 14.5 Å². The number of aliphatic hydroxyl groups is 2. The molecule has 1 saturated heterocycles. The minimum atomic E-state index is -2.05. The molecule has 3 heterocycles. The second-order valence-corrected chi connectivity index (χ2v) is 16.2. The van der Waals surface area contributed by atoms with Crippen LogP contribution in [0.15, 0.2) is 151 Å². The van der Waals surface area contributed by atoms with Gasteiger partial charge in [0.05, 0.1) is 24.8 Å². The third-order valence-electron chi connectivity index (χ3n) is 11.8. The zero-order valence-electron chi connectivity index (χ0n) is 35.2. The van der Waals surface area contributed by atoms with Gasteiger partial charge in [-0.1, -0.05) is 97.1 Å². The average molecular weight is 859 g/mol. The van der Waals surface area contributed by atoms with Crippen molar-refractivity contribution in [2.75, 3.05) is 26.2 Å². The number of aromatic amines is 1. The molecule has 64 heavy (non-hydrogen) atoms. The van der Waals surface area contributed by atoms with Gasteiger partial charge < -0.3 is 35.7 Å². The lowest BCUT2D eigenvalue weighted by Gasteiger charge is -2.33. The minimum absolute atomic E-state index is 0.0718. The van der Waals surface area contributed by atoms with Crippen LogP contribution in [-0.4, -0.2) is 73.3 Å². The van der Waals surface area contributed by atoms with Crippen molar-refractivity contribution in [2.45, 2.75) is 44.2 Å². The number of esters is 1. The second-order valence-electron chi connectivity index (χ2n) is 16.2. The third-order valence-corrected chi connectivity index (χ3v) is 11.8. The Bertz CT molecular complexity index is 2740. The van der Waals surface area contributed by atoms with Crippen LogP contribution in [-0.2, 0) is 34.8 Å². The number of aromatic hydroxyl groups is 1. The van der Waals surface area contributed by atoms with Crippen LogP contribution < -0.4 is 16.2 Å². The van der Waals surface area contributed by atoms with Gasteiger partial charge in [-0.05, 0) is 90.0 Å². The number of aliphatic hydroxyl groups excluding tert-OH is 1. The van der Waals surface area contributed by atoms with Gasteiger partial charge in [-0.25, -0.2) is 14.8 Å². The molecule has 326 valence electrons. The number of phenols is 1. The number of carbonyl (C=O) groups is 2. The summed E-state index contributed by atoms with van der Waals surface area (Å²) in [5.41, 5.74) is 3.19. The van der Waals surface area contributed by atoms with Crippen molar-refractivity contribution >= 4 is 22.8 Å². The molecule has 2 aromatic heterocycles. The van der Waals surface area contributed by atoms with Crippen molar-refractivity contribution in [2.24, 2.45) is 5.92 Å². The van der Waals surface area contributed by atoms with Crippen molar-refractivity contribution < 1.29 is 29.6 Å². The molecule has 0 bridgehead atoms. The molecule has 0 unspecified atom stereocenters. The molecule has 1 amide bonds. The maximum atomic E-state index is 13.9. The number of aromatic nitrogens is 3. The largest absolute Gasteiger partial charge is 0.506 e. The molecule has 5 aromatic carbocycles. The Morgan fingerprint density at radius 2 is 1.50 bits per heavy atom. The summed E-state index contributed by atoms with van der Waals surface area (Å²) in [4.78, 5) is 52.7. The van der Waals surface area contributed by atoms with E-state index in [1.807, 2.05) is 30.3 Å². The fraction of sp³-hybridized carbons (Fsp3) is 0.235. The standard InChI is InChI=1S/C51H50N6O7/c58-44-20-18-42(43-19-21-47(60)56-48(43)44)45(59)30-52-27-34-14-16-37(17-15-34)49(61)55-31-46-53-28-39(29-54-46)38-10-7-13-41(26-38)51(63,40-11-5-2-6-12-40)50(62)64-33-36-22-24-57(25-23-36)32-35-8-3-1-4-9-35/h1-21,26,28-29,36,45,52,58-59,63H,22-25,27,30-33H2,(H,55,61)(H,56,60)/t45-,51-/m0/s1. The number of fused-ring (bicyclic) bond motifs is 1. The van der Waals surface area contributed by atoms with Crippen molar-refractivity contribution in [1.29, 1.82) is 0 Å². The summed E-state index contributed by atoms with van der Waals surface area (Å²) in [6.07, 6.45) is 4.18. The van der Waals surface area contributed by atoms with Gasteiger partial charge in [0.15, 0.2) is 0 Å². The number of H-pyrrole nitrogens is 1. The van der Waals surface area contributed by atoms with Gasteiger partial charge in [0.2, 0.25) is 11.2 Å². The number of carbonyl (C=O) groups excluding carboxylic acids is 2. The Morgan fingerprint density at radius 3 is 2.23 bits per heavy atom. The number of hydrogen-bond acceptors (Lipinski definition) is 11. The number of ether oxygens (including phenoxy) is 1. The van der Waals surface area contributed by atoms with Crippen LogP contribution >= 0.6 is 0 Å². The second kappa shape index (κ2) is 20.0. The van der Waals surface area contributed by atoms with Crippen molar-refractivity contribution in [3.63, 3.8) is 0 Å². The summed E-state index contributed by atoms with van der Waals surface area (Å²) >= 11 is 0. The highest BCUT2D eigenvalue weighted by atomic mass is 16.5. The molecule has 0 radical (unpaired) electrons. The first-order valence-corrected chi connectivity index (χ1v) is 21.4. The van der Waals surface area contributed by atoms with E-state index in [2.05, 4.69) is 54.8 Å². The van der Waals surface area contributed by atoms with Crippen LogP contribution in [0.4, 0.5) is 0 Å². The summed E-state index contributed by atoms with van der Waals surface area (Å²) in [5.74, 6) is -0.504. The summed E-state index contributed by atoms with van der Waals surface area (Å²) in [6, 6.07) is 39.4. The Kier molecular flexibility index (Phi) is 13.6. The smallest absolute Gasteiger partial charge is 0.347 e. The fourth-order valence-electron chi connectivity index (χ4n) is 8.10. The highest BCUT2D eigenvalue weighted by Gasteiger charge is 2.42. The predicted octanol–water partition coefficient (Wildman–Crippen LogP) is 6.14. The molecular weight excluding hydrogens is 809 g/mol. The van der Waals surface area contributed by atoms with E-state index in [0.29, 0.717) is 51.1 Å². The van der Waals surface area contributed by atoms with Crippen LogP contribution in [0.2, 0.25) is 0 Å². The summed E-state index contributed by atoms with van der Waals surface area (Å²) < 4.78 is 5.92. The van der Waals surface area contributed by atoms with E-state index in [0.717, 1.165) is 38.0 Å². The molecule has 8 rings (SSSR count). The molecule has 13 heteroatoms. The average Bonchev–Trinajstić information content (AvgIpc) is 3.34. The van der Waals surface area contributed by atoms with Crippen molar-refractivity contribution in [1.82, 2.24) is 30.5 Å². The maximum Gasteiger partial charge on any atom is 0.347 e. The number of hydrogen-bond donors (Lipinski definition) is 6. The van der Waals surface area contributed by atoms with Gasteiger partial charge in [0.25, 0.3) is 5.91 Å². The monoisotopic (exact) mass is 858 g/mol. The molecule has 13 nitrogen and oxygen atoms in total. The molecular formula is C51H50N6O7. The van der Waals surface area contributed by atoms with E-state index in [-0.39, 0.29) is 48.3 Å². The first-order valence-electron chi connectivity index (χ1n) is 21.4. The van der Waals surface area contributed by atoms with Gasteiger partial charge in [-0.15, -0.1) is 0 Å². The Labute approximate surface area is 370 Å². The first-order chi connectivity index (χ1) is 31.1. The third kappa shape index (κ3) is 10.3. The minimum Gasteiger partial charge on any atom is -0.506 e. The Hall–Kier alpha value is -7.03. The number of nitrogens with zero attached hydrogens (tertiary/aromatic N) is 3. The van der Waals surface area contributed by atoms with Crippen molar-refractivity contribution in [3.8, 4) is 16.9 Å². The van der Waals surface area contributed by atoms with E-state index in [4.69, 9.17) is 4.74 Å². The molecule has 6 N–H and O–H groups in total. The van der Waals surface area contributed by atoms with Crippen LogP contribution in [0.25, 0.3) is 22.0 Å². The normalized spacial score (nSPS) is 14.7. The van der Waals surface area contributed by atoms with E-state index in [9.17, 15) is 29.7 Å². The van der Waals surface area contributed by atoms with Gasteiger partial charge in [0.1, 0.15) is 11.6 Å². The van der Waals surface area contributed by atoms with Gasteiger partial charge >= 0.3 is 5.97 Å². The first kappa shape index (κ1) is 43.6. The molecule has 0 spiro atoms. The zero-order valence-corrected chi connectivity index (χ0v) is 35.2. The number of likely N-dealkylation sites (tertiary alicyclic amines) is 1. The highest BCUT2D eigenvalue weighted by Crippen LogP contribution is 2.34. The number of benzene rings is 5. The Balaban J connectivity index is 0.841. The van der Waals surface area contributed by atoms with Gasteiger partial charge in [-0.2, -0.15) is 0 Å². The van der Waals surface area contributed by atoms with Crippen molar-refractivity contribution in [3.05, 3.63) is 195 Å². The van der Waals surface area contributed by atoms with E-state index >= 15 is 0 Å². The topological polar surface area (TPSA) is 190 Å². The molecule has 2 atom stereocenters. The van der Waals surface area contributed by atoms with E-state index < -0.39 is 17.7 Å². The van der Waals surface area contributed by atoms with E-state index in [1.54, 1.807) is 79.1 Å². The number of pyridine rings is 1. The number of piperidine rings is 1. The van der Waals surface area contributed by atoms with Gasteiger partial charge in [0, 0.05) is 60.2 Å². The summed E-state index contributed by atoms with van der Waals surface area (Å²) in [7, 11) is 0. The quantitative estimate of drug-likeness (QED) is 0.0613. The van der Waals surface area contributed by atoms with Crippen LogP contribution in [0.3, 0.4) is 0 Å². The number of amides is 1. The van der Waals surface area contributed by atoms with Crippen LogP contribution in [0.1, 0.15) is 62.9 Å². The molecule has 1 aliphatic heterocycles. The van der Waals surface area contributed by atoms with E-state index in [1.165, 1.54) is 17.7 Å². The zero-order chi connectivity index (χ0) is 44.5. The lowest BCUT2D eigenvalue weighted by Crippen LogP contribution is -2.40. The van der Waals surface area contributed by atoms with Crippen LogP contribution in [0.5, 0.6) is 5.75 Å². The molecule has 7 aromatic rings. The van der Waals surface area contributed by atoms with Crippen LogP contribution in [0, 0.1) is 5.92 Å². The molecule has 0 aliphatic carbocycles. The lowest BCUT2D eigenvalue weighted by molar-refractivity contribution is -0.164. The highest BCUT2D eigenvalue weighted by molar-refractivity contribution is 5.94. The maximum absolute atomic E-state index is 13.9. The molecule has 1 fully saturated rings. The predicted molar refractivity (Wildman–Crippen MR) is 243 cm³/mol. The fourth-order valence-corrected chi connectivity index (χ4v) is 8.10. The number of nitrogens with one attached hydrogen (secondary N) is 3. The lowest BCUT2D eigenvalue weighted by atomic mass is 9.85. The SMILES string of the molecule is O=C(NCc1ncc(-c2cccc([C@](O)(C(=O)OCC3CCN(Cc4ccccc4)CC3)c3ccccc3)c2)cn1)c1ccc(CNC[C@H](O)c2ccc(O)c3[nH]c(=O)ccc23)cc1. The number of phenolic OH excluding ortho intramolecular Hbond substituents is 1. The summed E-state index contributed by atoms with van der Waals surface area (Å²) in [6.45, 7) is 3.67. The summed E-state index contributed by atoms with van der Waals surface area (Å²) in [5, 5.41) is 39.9. The molecule has 0 saturated carbocycles. The number of rotatable bonds is 16. The molecule has 1 aliphatic rings. The Morgan fingerprint density at radius 1 is 0.797 bits per heavy atom.